The van der Waals surface area contributed by atoms with Crippen molar-refractivity contribution in [2.45, 2.75) is 0 Å². The van der Waals surface area contributed by atoms with Crippen molar-refractivity contribution in [3.63, 3.8) is 0 Å². The van der Waals surface area contributed by atoms with Crippen molar-refractivity contribution in [1.29, 1.82) is 0 Å². The normalized spacial score (nSPS) is 11.0. The number of halogens is 2. The first kappa shape index (κ1) is 10.5. The molecule has 0 radical (unpaired) electrons. The maximum absolute atomic E-state index is 5.79. The molecular formula is C9H9Cl2NO. The van der Waals surface area contributed by atoms with Gasteiger partial charge in [-0.15, -0.1) is 0 Å². The first-order chi connectivity index (χ1) is 6.22. The summed E-state index contributed by atoms with van der Waals surface area (Å²) in [6.45, 7) is 0.365. The van der Waals surface area contributed by atoms with Gasteiger partial charge in [0.15, 0.2) is 0 Å². The van der Waals surface area contributed by atoms with Crippen molar-refractivity contribution < 1.29 is 4.84 Å². The highest BCUT2D eigenvalue weighted by atomic mass is 35.5. The maximum Gasteiger partial charge on any atom is 0.0864 e. The fraction of sp³-hybridized carbons (Fsp3) is 0.111. The van der Waals surface area contributed by atoms with Crippen LogP contribution in [0.5, 0.6) is 0 Å². The Morgan fingerprint density at radius 3 is 2.38 bits per heavy atom. The highest BCUT2D eigenvalue weighted by Crippen LogP contribution is 2.19. The van der Waals surface area contributed by atoms with Gasteiger partial charge >= 0.3 is 0 Å². The van der Waals surface area contributed by atoms with Gasteiger partial charge < -0.3 is 4.84 Å². The van der Waals surface area contributed by atoms with Crippen molar-refractivity contribution in [2.24, 2.45) is 5.90 Å². The minimum absolute atomic E-state index is 0.365. The van der Waals surface area contributed by atoms with Gasteiger partial charge in [0.05, 0.1) is 6.61 Å². The van der Waals surface area contributed by atoms with E-state index in [0.29, 0.717) is 16.7 Å². The van der Waals surface area contributed by atoms with Crippen LogP contribution in [-0.2, 0) is 4.84 Å². The quantitative estimate of drug-likeness (QED) is 0.791. The molecule has 1 aromatic carbocycles. The van der Waals surface area contributed by atoms with Crippen molar-refractivity contribution in [3.05, 3.63) is 39.9 Å². The van der Waals surface area contributed by atoms with E-state index in [2.05, 4.69) is 4.84 Å². The lowest BCUT2D eigenvalue weighted by Crippen LogP contribution is -1.96. The predicted molar refractivity (Wildman–Crippen MR) is 55.6 cm³/mol. The summed E-state index contributed by atoms with van der Waals surface area (Å²) in [5, 5.41) is 1.22. The second-order valence-corrected chi connectivity index (χ2v) is 3.31. The first-order valence-electron chi connectivity index (χ1n) is 3.66. The van der Waals surface area contributed by atoms with E-state index >= 15 is 0 Å². The average molecular weight is 218 g/mol. The SMILES string of the molecule is NOCC=Cc1cc(Cl)cc(Cl)c1. The summed E-state index contributed by atoms with van der Waals surface area (Å²) in [4.78, 5) is 4.37. The number of benzene rings is 1. The van der Waals surface area contributed by atoms with Crippen LogP contribution in [0.2, 0.25) is 10.0 Å². The molecule has 0 aliphatic carbocycles. The van der Waals surface area contributed by atoms with Gasteiger partial charge in [0.1, 0.15) is 0 Å². The zero-order valence-corrected chi connectivity index (χ0v) is 8.35. The van der Waals surface area contributed by atoms with Crippen LogP contribution in [0.1, 0.15) is 5.56 Å². The molecule has 2 N–H and O–H groups in total. The van der Waals surface area contributed by atoms with Gasteiger partial charge in [0.25, 0.3) is 0 Å². The maximum atomic E-state index is 5.79. The van der Waals surface area contributed by atoms with Gasteiger partial charge in [0, 0.05) is 10.0 Å². The molecular weight excluding hydrogens is 209 g/mol. The molecule has 0 heterocycles. The van der Waals surface area contributed by atoms with E-state index in [-0.39, 0.29) is 0 Å². The Kier molecular flexibility index (Phi) is 4.25. The van der Waals surface area contributed by atoms with Crippen molar-refractivity contribution in [3.8, 4) is 0 Å². The van der Waals surface area contributed by atoms with Gasteiger partial charge in [0.2, 0.25) is 0 Å². The summed E-state index contributed by atoms with van der Waals surface area (Å²) in [6.07, 6.45) is 3.62. The van der Waals surface area contributed by atoms with Crippen LogP contribution in [0.3, 0.4) is 0 Å². The Balaban J connectivity index is 2.77. The van der Waals surface area contributed by atoms with E-state index < -0.39 is 0 Å². The molecule has 1 rings (SSSR count). The fourth-order valence-electron chi connectivity index (χ4n) is 0.911. The topological polar surface area (TPSA) is 35.2 Å². The monoisotopic (exact) mass is 217 g/mol. The van der Waals surface area contributed by atoms with Gasteiger partial charge in [-0.05, 0) is 23.8 Å². The average Bonchev–Trinajstić information content (AvgIpc) is 2.03. The Morgan fingerprint density at radius 2 is 1.85 bits per heavy atom. The summed E-state index contributed by atoms with van der Waals surface area (Å²) in [6, 6.07) is 5.29. The highest BCUT2D eigenvalue weighted by Gasteiger charge is 1.93. The van der Waals surface area contributed by atoms with Crippen LogP contribution < -0.4 is 5.90 Å². The third-order valence-corrected chi connectivity index (χ3v) is 1.82. The highest BCUT2D eigenvalue weighted by molar-refractivity contribution is 6.34. The third kappa shape index (κ3) is 3.79. The second kappa shape index (κ2) is 5.25. The molecule has 0 amide bonds. The molecule has 0 bridgehead atoms. The van der Waals surface area contributed by atoms with Crippen LogP contribution in [0.15, 0.2) is 24.3 Å². The summed E-state index contributed by atoms with van der Waals surface area (Å²) in [5.41, 5.74) is 0.926. The Hall–Kier alpha value is -0.540. The van der Waals surface area contributed by atoms with Gasteiger partial charge in [-0.25, -0.2) is 5.90 Å². The van der Waals surface area contributed by atoms with Crippen LogP contribution in [0.4, 0.5) is 0 Å². The predicted octanol–water partition coefficient (Wildman–Crippen LogP) is 2.90. The van der Waals surface area contributed by atoms with Crippen LogP contribution >= 0.6 is 23.2 Å². The smallest absolute Gasteiger partial charge is 0.0864 e. The lowest BCUT2D eigenvalue weighted by Gasteiger charge is -1.96. The first-order valence-corrected chi connectivity index (χ1v) is 4.42. The lowest BCUT2D eigenvalue weighted by atomic mass is 10.2. The molecule has 2 nitrogen and oxygen atoms in total. The summed E-state index contributed by atoms with van der Waals surface area (Å²) in [7, 11) is 0. The van der Waals surface area contributed by atoms with E-state index in [9.17, 15) is 0 Å². The van der Waals surface area contributed by atoms with E-state index in [1.54, 1.807) is 24.3 Å². The zero-order chi connectivity index (χ0) is 9.68. The Bertz CT molecular complexity index is 292. The number of nitrogens with two attached hydrogens (primary N) is 1. The Labute approximate surface area is 86.9 Å². The lowest BCUT2D eigenvalue weighted by molar-refractivity contribution is 0.168. The van der Waals surface area contributed by atoms with Gasteiger partial charge in [-0.2, -0.15) is 0 Å². The molecule has 0 aliphatic heterocycles. The number of hydrogen-bond acceptors (Lipinski definition) is 2. The van der Waals surface area contributed by atoms with Crippen molar-refractivity contribution in [2.75, 3.05) is 6.61 Å². The number of rotatable bonds is 3. The van der Waals surface area contributed by atoms with Crippen molar-refractivity contribution in [1.82, 2.24) is 0 Å². The van der Waals surface area contributed by atoms with Gasteiger partial charge in [-0.1, -0.05) is 35.4 Å². The van der Waals surface area contributed by atoms with Crippen LogP contribution in [0, 0.1) is 0 Å². The molecule has 0 unspecified atom stereocenters. The molecule has 13 heavy (non-hydrogen) atoms. The van der Waals surface area contributed by atoms with E-state index in [0.717, 1.165) is 5.56 Å². The Morgan fingerprint density at radius 1 is 1.23 bits per heavy atom. The standard InChI is InChI=1S/C9H9Cl2NO/c10-8-4-7(2-1-3-13-12)5-9(11)6-8/h1-2,4-6H,3,12H2. The zero-order valence-electron chi connectivity index (χ0n) is 6.84. The summed E-state index contributed by atoms with van der Waals surface area (Å²) in [5.74, 6) is 4.85. The molecule has 0 aliphatic rings. The molecule has 0 spiro atoms. The van der Waals surface area contributed by atoms with E-state index in [1.165, 1.54) is 0 Å². The molecule has 0 saturated heterocycles. The minimum Gasteiger partial charge on any atom is -0.300 e. The molecule has 4 heteroatoms. The molecule has 0 atom stereocenters. The van der Waals surface area contributed by atoms with Crippen molar-refractivity contribution >= 4 is 29.3 Å². The van der Waals surface area contributed by atoms with Crippen LogP contribution in [0.25, 0.3) is 6.08 Å². The summed E-state index contributed by atoms with van der Waals surface area (Å²) < 4.78 is 0. The number of hydrogen-bond donors (Lipinski definition) is 1. The molecule has 0 aromatic heterocycles. The largest absolute Gasteiger partial charge is 0.300 e. The van der Waals surface area contributed by atoms with Crippen LogP contribution in [-0.4, -0.2) is 6.61 Å². The second-order valence-electron chi connectivity index (χ2n) is 2.44. The molecule has 1 aromatic rings. The minimum atomic E-state index is 0.365. The third-order valence-electron chi connectivity index (χ3n) is 1.39. The van der Waals surface area contributed by atoms with E-state index in [4.69, 9.17) is 29.1 Å². The summed E-state index contributed by atoms with van der Waals surface area (Å²) >= 11 is 11.6. The molecule has 70 valence electrons. The molecule has 0 fully saturated rings. The van der Waals surface area contributed by atoms with Gasteiger partial charge in [-0.3, -0.25) is 0 Å². The fourth-order valence-corrected chi connectivity index (χ4v) is 1.45. The van der Waals surface area contributed by atoms with E-state index in [1.807, 2.05) is 6.08 Å². The molecule has 0 saturated carbocycles.